The Morgan fingerprint density at radius 2 is 2.00 bits per heavy atom. The standard InChI is InChI=1S/C11H9NO3S/c13-12(14)10-6-7-16-11(10)15-8-9-4-2-1-3-5-9/h1-7H,8H2. The maximum absolute atomic E-state index is 10.6. The first-order valence-electron chi connectivity index (χ1n) is 4.66. The third-order valence-electron chi connectivity index (χ3n) is 2.02. The molecule has 0 saturated carbocycles. The Balaban J connectivity index is 2.05. The van der Waals surface area contributed by atoms with E-state index in [0.717, 1.165) is 5.56 Å². The molecule has 1 aromatic carbocycles. The molecule has 4 nitrogen and oxygen atoms in total. The predicted octanol–water partition coefficient (Wildman–Crippen LogP) is 3.24. The molecule has 0 N–H and O–H groups in total. The summed E-state index contributed by atoms with van der Waals surface area (Å²) in [7, 11) is 0. The molecule has 82 valence electrons. The zero-order valence-electron chi connectivity index (χ0n) is 8.33. The van der Waals surface area contributed by atoms with Gasteiger partial charge in [-0.25, -0.2) is 0 Å². The van der Waals surface area contributed by atoms with Gasteiger partial charge in [-0.2, -0.15) is 0 Å². The smallest absolute Gasteiger partial charge is 0.322 e. The highest BCUT2D eigenvalue weighted by Gasteiger charge is 2.16. The van der Waals surface area contributed by atoms with E-state index in [0.29, 0.717) is 11.7 Å². The fourth-order valence-corrected chi connectivity index (χ4v) is 1.97. The molecule has 0 radical (unpaired) electrons. The van der Waals surface area contributed by atoms with Gasteiger partial charge in [-0.1, -0.05) is 30.3 Å². The molecule has 2 rings (SSSR count). The largest absolute Gasteiger partial charge is 0.474 e. The molecular weight excluding hydrogens is 226 g/mol. The van der Waals surface area contributed by atoms with Crippen molar-refractivity contribution in [1.29, 1.82) is 0 Å². The SMILES string of the molecule is O=[N+]([O-])c1ccsc1OCc1ccccc1. The Morgan fingerprint density at radius 1 is 1.25 bits per heavy atom. The van der Waals surface area contributed by atoms with Crippen molar-refractivity contribution in [3.63, 3.8) is 0 Å². The fourth-order valence-electron chi connectivity index (χ4n) is 1.26. The van der Waals surface area contributed by atoms with Crippen LogP contribution in [-0.2, 0) is 6.61 Å². The van der Waals surface area contributed by atoms with Crippen LogP contribution in [0.2, 0.25) is 0 Å². The molecular formula is C11H9NO3S. The lowest BCUT2D eigenvalue weighted by molar-refractivity contribution is -0.385. The van der Waals surface area contributed by atoms with Crippen molar-refractivity contribution >= 4 is 17.0 Å². The summed E-state index contributed by atoms with van der Waals surface area (Å²) in [6, 6.07) is 11.0. The average molecular weight is 235 g/mol. The van der Waals surface area contributed by atoms with E-state index in [-0.39, 0.29) is 5.69 Å². The maximum atomic E-state index is 10.6. The van der Waals surface area contributed by atoms with E-state index in [1.807, 2.05) is 30.3 Å². The Morgan fingerprint density at radius 3 is 2.69 bits per heavy atom. The van der Waals surface area contributed by atoms with E-state index in [1.54, 1.807) is 5.38 Å². The van der Waals surface area contributed by atoms with E-state index in [9.17, 15) is 10.1 Å². The van der Waals surface area contributed by atoms with Gasteiger partial charge in [0.15, 0.2) is 0 Å². The molecule has 0 fully saturated rings. The monoisotopic (exact) mass is 235 g/mol. The highest BCUT2D eigenvalue weighted by Crippen LogP contribution is 2.33. The maximum Gasteiger partial charge on any atom is 0.322 e. The molecule has 1 heterocycles. The summed E-state index contributed by atoms with van der Waals surface area (Å²) in [5.41, 5.74) is 1.02. The first kappa shape index (κ1) is 10.6. The summed E-state index contributed by atoms with van der Waals surface area (Å²) in [6.45, 7) is 0.349. The molecule has 0 aliphatic carbocycles. The van der Waals surface area contributed by atoms with Crippen LogP contribution in [0.15, 0.2) is 41.8 Å². The molecule has 5 heteroatoms. The molecule has 0 spiro atoms. The Bertz CT molecular complexity index is 481. The van der Waals surface area contributed by atoms with Gasteiger partial charge >= 0.3 is 5.69 Å². The second-order valence-electron chi connectivity index (χ2n) is 3.12. The van der Waals surface area contributed by atoms with Gasteiger partial charge in [0.1, 0.15) is 6.61 Å². The lowest BCUT2D eigenvalue weighted by atomic mass is 10.2. The highest BCUT2D eigenvalue weighted by atomic mass is 32.1. The summed E-state index contributed by atoms with van der Waals surface area (Å²) in [6.07, 6.45) is 0. The van der Waals surface area contributed by atoms with Crippen molar-refractivity contribution in [2.24, 2.45) is 0 Å². The molecule has 0 bridgehead atoms. The van der Waals surface area contributed by atoms with Gasteiger partial charge in [0, 0.05) is 11.4 Å². The molecule has 0 aliphatic rings. The van der Waals surface area contributed by atoms with Gasteiger partial charge in [0.2, 0.25) is 0 Å². The van der Waals surface area contributed by atoms with Crippen molar-refractivity contribution in [2.45, 2.75) is 6.61 Å². The van der Waals surface area contributed by atoms with Crippen LogP contribution < -0.4 is 4.74 Å². The summed E-state index contributed by atoms with van der Waals surface area (Å²) in [5.74, 6) is 0. The van der Waals surface area contributed by atoms with Crippen LogP contribution >= 0.6 is 11.3 Å². The third-order valence-corrected chi connectivity index (χ3v) is 2.83. The highest BCUT2D eigenvalue weighted by molar-refractivity contribution is 7.12. The Labute approximate surface area is 96.3 Å². The first-order chi connectivity index (χ1) is 7.77. The molecule has 0 aliphatic heterocycles. The average Bonchev–Trinajstić information content (AvgIpc) is 2.76. The number of benzene rings is 1. The number of thiophene rings is 1. The van der Waals surface area contributed by atoms with Crippen LogP contribution in [0.25, 0.3) is 0 Å². The zero-order valence-corrected chi connectivity index (χ0v) is 9.15. The number of rotatable bonds is 4. The van der Waals surface area contributed by atoms with Gasteiger partial charge in [-0.05, 0) is 5.56 Å². The zero-order chi connectivity index (χ0) is 11.4. The second kappa shape index (κ2) is 4.76. The topological polar surface area (TPSA) is 52.4 Å². The second-order valence-corrected chi connectivity index (χ2v) is 4.00. The number of hydrogen-bond donors (Lipinski definition) is 0. The minimum Gasteiger partial charge on any atom is -0.474 e. The van der Waals surface area contributed by atoms with Crippen molar-refractivity contribution < 1.29 is 9.66 Å². The lowest BCUT2D eigenvalue weighted by Gasteiger charge is -2.02. The van der Waals surface area contributed by atoms with Crippen molar-refractivity contribution in [3.05, 3.63) is 57.5 Å². The van der Waals surface area contributed by atoms with Gasteiger partial charge < -0.3 is 4.74 Å². The molecule has 0 atom stereocenters. The molecule has 0 saturated heterocycles. The molecule has 1 aromatic heterocycles. The Hall–Kier alpha value is -1.88. The predicted molar refractivity (Wildman–Crippen MR) is 61.7 cm³/mol. The van der Waals surface area contributed by atoms with E-state index >= 15 is 0 Å². The van der Waals surface area contributed by atoms with Crippen LogP contribution in [0.3, 0.4) is 0 Å². The van der Waals surface area contributed by atoms with Crippen LogP contribution in [0, 0.1) is 10.1 Å². The fraction of sp³-hybridized carbons (Fsp3) is 0.0909. The van der Waals surface area contributed by atoms with E-state index in [1.165, 1.54) is 17.4 Å². The number of nitrogens with zero attached hydrogens (tertiary/aromatic N) is 1. The quantitative estimate of drug-likeness (QED) is 0.603. The Kier molecular flexibility index (Phi) is 3.16. The van der Waals surface area contributed by atoms with E-state index < -0.39 is 4.92 Å². The van der Waals surface area contributed by atoms with Crippen molar-refractivity contribution in [2.75, 3.05) is 0 Å². The molecule has 16 heavy (non-hydrogen) atoms. The van der Waals surface area contributed by atoms with E-state index in [4.69, 9.17) is 4.74 Å². The van der Waals surface area contributed by atoms with Crippen molar-refractivity contribution in [3.8, 4) is 5.06 Å². The van der Waals surface area contributed by atoms with Crippen LogP contribution in [-0.4, -0.2) is 4.92 Å². The van der Waals surface area contributed by atoms with E-state index in [2.05, 4.69) is 0 Å². The van der Waals surface area contributed by atoms with Gasteiger partial charge in [-0.15, -0.1) is 11.3 Å². The van der Waals surface area contributed by atoms with Gasteiger partial charge in [-0.3, -0.25) is 10.1 Å². The summed E-state index contributed by atoms with van der Waals surface area (Å²) in [4.78, 5) is 10.2. The van der Waals surface area contributed by atoms with Crippen LogP contribution in [0.1, 0.15) is 5.56 Å². The molecule has 2 aromatic rings. The third kappa shape index (κ3) is 2.38. The lowest BCUT2D eigenvalue weighted by Crippen LogP contribution is -1.96. The van der Waals surface area contributed by atoms with Crippen LogP contribution in [0.5, 0.6) is 5.06 Å². The van der Waals surface area contributed by atoms with Crippen molar-refractivity contribution in [1.82, 2.24) is 0 Å². The molecule has 0 unspecified atom stereocenters. The minimum atomic E-state index is -0.434. The normalized spacial score (nSPS) is 10.0. The summed E-state index contributed by atoms with van der Waals surface area (Å²) < 4.78 is 5.40. The van der Waals surface area contributed by atoms with Gasteiger partial charge in [0.05, 0.1) is 4.92 Å². The van der Waals surface area contributed by atoms with Crippen LogP contribution in [0.4, 0.5) is 5.69 Å². The molecule has 0 amide bonds. The number of hydrogen-bond acceptors (Lipinski definition) is 4. The first-order valence-corrected chi connectivity index (χ1v) is 5.54. The number of ether oxygens (including phenoxy) is 1. The van der Waals surface area contributed by atoms with Gasteiger partial charge in [0.25, 0.3) is 5.06 Å². The summed E-state index contributed by atoms with van der Waals surface area (Å²) >= 11 is 1.23. The number of nitro groups is 1. The minimum absolute atomic E-state index is 0.0286. The summed E-state index contributed by atoms with van der Waals surface area (Å²) in [5, 5.41) is 12.6.